The number of para-hydroxylation sites is 1. The molecular weight excluding hydrogens is 557 g/mol. The third-order valence-corrected chi connectivity index (χ3v) is 7.53. The van der Waals surface area contributed by atoms with Crippen LogP contribution in [-0.4, -0.2) is 41.0 Å². The molecule has 0 fully saturated rings. The van der Waals surface area contributed by atoms with Crippen LogP contribution in [0.4, 0.5) is 14.9 Å². The molecule has 220 valence electrons. The van der Waals surface area contributed by atoms with E-state index in [-0.39, 0.29) is 10.8 Å². The molecule has 10 heteroatoms. The van der Waals surface area contributed by atoms with E-state index in [1.54, 1.807) is 6.07 Å². The summed E-state index contributed by atoms with van der Waals surface area (Å²) < 4.78 is 28.5. The van der Waals surface area contributed by atoms with E-state index < -0.39 is 6.03 Å². The lowest BCUT2D eigenvalue weighted by molar-refractivity contribution is 0.241. The van der Waals surface area contributed by atoms with Crippen molar-refractivity contribution < 1.29 is 18.7 Å². The molecule has 0 radical (unpaired) electrons. The summed E-state index contributed by atoms with van der Waals surface area (Å²) in [6.07, 6.45) is 0.692. The van der Waals surface area contributed by atoms with Crippen molar-refractivity contribution in [2.75, 3.05) is 25.6 Å². The summed E-state index contributed by atoms with van der Waals surface area (Å²) in [5.41, 5.74) is 12.2. The number of rotatable bonds is 9. The molecule has 8 nitrogen and oxygen atoms in total. The number of halogens is 2. The van der Waals surface area contributed by atoms with Crippen molar-refractivity contribution in [2.24, 2.45) is 11.7 Å². The number of aromatic nitrogens is 2. The number of hydrogen-bond acceptors (Lipinski definition) is 5. The molecule has 0 spiro atoms. The third kappa shape index (κ3) is 6.22. The predicted molar refractivity (Wildman–Crippen MR) is 163 cm³/mol. The highest BCUT2D eigenvalue weighted by Gasteiger charge is 2.28. The summed E-state index contributed by atoms with van der Waals surface area (Å²) in [5, 5.41) is 7.98. The molecule has 0 saturated heterocycles. The van der Waals surface area contributed by atoms with Gasteiger partial charge in [-0.25, -0.2) is 13.9 Å². The lowest BCUT2D eigenvalue weighted by Crippen LogP contribution is -2.30. The third-order valence-electron chi connectivity index (χ3n) is 7.24. The average Bonchev–Trinajstić information content (AvgIpc) is 3.31. The minimum atomic E-state index is -0.626. The van der Waals surface area contributed by atoms with Crippen LogP contribution in [0.25, 0.3) is 16.9 Å². The number of carbonyl (C=O) groups excluding carboxylic acids is 1. The molecule has 1 aliphatic heterocycles. The quantitative estimate of drug-likeness (QED) is 0.225. The Morgan fingerprint density at radius 2 is 1.93 bits per heavy atom. The molecule has 0 atom stereocenters. The molecule has 0 unspecified atom stereocenters. The zero-order chi connectivity index (χ0) is 30.0. The van der Waals surface area contributed by atoms with Gasteiger partial charge in [-0.15, -0.1) is 0 Å². The number of nitrogens with two attached hydrogens (primary N) is 1. The van der Waals surface area contributed by atoms with Crippen molar-refractivity contribution in [1.29, 1.82) is 0 Å². The van der Waals surface area contributed by atoms with Crippen LogP contribution < -0.4 is 20.5 Å². The molecule has 42 heavy (non-hydrogen) atoms. The maximum absolute atomic E-state index is 14.9. The van der Waals surface area contributed by atoms with Crippen molar-refractivity contribution in [3.63, 3.8) is 0 Å². The molecule has 1 aliphatic rings. The Morgan fingerprint density at radius 1 is 1.17 bits per heavy atom. The van der Waals surface area contributed by atoms with Gasteiger partial charge in [-0.2, -0.15) is 5.10 Å². The monoisotopic (exact) mass is 591 g/mol. The zero-order valence-electron chi connectivity index (χ0n) is 24.2. The van der Waals surface area contributed by atoms with Crippen LogP contribution in [0.15, 0.2) is 54.6 Å². The lowest BCUT2D eigenvalue weighted by Gasteiger charge is -2.27. The largest absolute Gasteiger partial charge is 0.495 e. The molecule has 0 saturated carbocycles. The molecule has 3 N–H and O–H groups in total. The fourth-order valence-corrected chi connectivity index (χ4v) is 5.47. The van der Waals surface area contributed by atoms with Gasteiger partial charge >= 0.3 is 6.03 Å². The topological polar surface area (TPSA) is 94.6 Å². The number of nitrogens with zero attached hydrogens (tertiary/aromatic N) is 3. The number of primary amides is 1. The van der Waals surface area contributed by atoms with Crippen LogP contribution in [0.5, 0.6) is 11.5 Å². The number of urea groups is 1. The molecule has 0 aliphatic carbocycles. The fourth-order valence-electron chi connectivity index (χ4n) is 5.24. The summed E-state index contributed by atoms with van der Waals surface area (Å²) in [6.45, 7) is 8.50. The van der Waals surface area contributed by atoms with E-state index in [4.69, 9.17) is 31.9 Å². The number of fused-ring (bicyclic) bond motifs is 1. The first-order valence-electron chi connectivity index (χ1n) is 13.9. The van der Waals surface area contributed by atoms with Gasteiger partial charge in [0.05, 0.1) is 30.1 Å². The smallest absolute Gasteiger partial charge is 0.316 e. The first-order chi connectivity index (χ1) is 20.1. The Balaban J connectivity index is 1.59. The Kier molecular flexibility index (Phi) is 8.70. The lowest BCUT2D eigenvalue weighted by atomic mass is 9.99. The number of aryl methyl sites for hydroxylation is 1. The second-order valence-corrected chi connectivity index (χ2v) is 11.3. The van der Waals surface area contributed by atoms with Crippen molar-refractivity contribution in [3.8, 4) is 28.4 Å². The summed E-state index contributed by atoms with van der Waals surface area (Å²) in [7, 11) is 1.52. The predicted octanol–water partition coefficient (Wildman–Crippen LogP) is 6.73. The van der Waals surface area contributed by atoms with Crippen molar-refractivity contribution >= 4 is 23.3 Å². The number of ether oxygens (including phenoxy) is 2. The molecule has 2 amide bonds. The van der Waals surface area contributed by atoms with Crippen LogP contribution in [0.3, 0.4) is 0 Å². The van der Waals surface area contributed by atoms with E-state index in [1.165, 1.54) is 13.2 Å². The molecule has 4 aromatic rings. The maximum Gasteiger partial charge on any atom is 0.316 e. The highest BCUT2D eigenvalue weighted by molar-refractivity contribution is 6.32. The molecule has 1 aromatic heterocycles. The second kappa shape index (κ2) is 12.4. The minimum absolute atomic E-state index is 0.242. The molecule has 0 bridgehead atoms. The summed E-state index contributed by atoms with van der Waals surface area (Å²) in [5.74, 6) is 1.18. The number of benzene rings is 3. The van der Waals surface area contributed by atoms with Crippen LogP contribution in [-0.2, 0) is 19.5 Å². The van der Waals surface area contributed by atoms with Gasteiger partial charge in [0.25, 0.3) is 0 Å². The zero-order valence-corrected chi connectivity index (χ0v) is 25.0. The molecule has 5 rings (SSSR count). The van der Waals surface area contributed by atoms with E-state index in [0.717, 1.165) is 39.5 Å². The molecule has 3 aromatic carbocycles. The van der Waals surface area contributed by atoms with Crippen LogP contribution in [0, 0.1) is 18.7 Å². The van der Waals surface area contributed by atoms with Gasteiger partial charge in [-0.3, -0.25) is 4.90 Å². The second-order valence-electron chi connectivity index (χ2n) is 10.9. The van der Waals surface area contributed by atoms with Gasteiger partial charge in [0.1, 0.15) is 23.0 Å². The number of anilines is 1. The molecule has 2 heterocycles. The van der Waals surface area contributed by atoms with Crippen LogP contribution in [0.2, 0.25) is 5.02 Å². The number of hydrogen-bond donors (Lipinski definition) is 2. The van der Waals surface area contributed by atoms with E-state index in [9.17, 15) is 9.18 Å². The number of methoxy groups -OCH3 is 1. The van der Waals surface area contributed by atoms with Gasteiger partial charge in [0.2, 0.25) is 0 Å². The van der Waals surface area contributed by atoms with Crippen LogP contribution in [0.1, 0.15) is 36.2 Å². The summed E-state index contributed by atoms with van der Waals surface area (Å²) >= 11 is 6.13. The highest BCUT2D eigenvalue weighted by Crippen LogP contribution is 2.38. The van der Waals surface area contributed by atoms with Gasteiger partial charge in [0.15, 0.2) is 0 Å². The highest BCUT2D eigenvalue weighted by atomic mass is 35.5. The van der Waals surface area contributed by atoms with Crippen molar-refractivity contribution in [3.05, 3.63) is 87.8 Å². The van der Waals surface area contributed by atoms with Gasteiger partial charge in [0, 0.05) is 48.4 Å². The average molecular weight is 592 g/mol. The van der Waals surface area contributed by atoms with Crippen LogP contribution >= 0.6 is 11.6 Å². The minimum Gasteiger partial charge on any atom is -0.495 e. The first-order valence-corrected chi connectivity index (χ1v) is 14.3. The Hall–Kier alpha value is -4.08. The van der Waals surface area contributed by atoms with E-state index in [1.807, 2.05) is 54.1 Å². The maximum atomic E-state index is 14.9. The fraction of sp³-hybridized carbons (Fsp3) is 0.312. The number of carbonyl (C=O) groups is 1. The summed E-state index contributed by atoms with van der Waals surface area (Å²) in [6, 6.07) is 15.8. The van der Waals surface area contributed by atoms with Crippen molar-refractivity contribution in [2.45, 2.75) is 40.3 Å². The SMILES string of the molecule is COc1cc(CN2CCc3nn(-c4c(C)cccc4OCC(C)C)c(-c4ccc(NC(N)=O)cc4)c3C2)c(F)cc1Cl. The van der Waals surface area contributed by atoms with E-state index >= 15 is 0 Å². The number of amides is 2. The normalized spacial score (nSPS) is 13.2. The Labute approximate surface area is 250 Å². The summed E-state index contributed by atoms with van der Waals surface area (Å²) in [4.78, 5) is 13.6. The first kappa shape index (κ1) is 29.4. The van der Waals surface area contributed by atoms with E-state index in [0.29, 0.717) is 55.6 Å². The van der Waals surface area contributed by atoms with E-state index in [2.05, 4.69) is 24.1 Å². The Morgan fingerprint density at radius 3 is 2.62 bits per heavy atom. The number of nitrogens with one attached hydrogen (secondary N) is 1. The van der Waals surface area contributed by atoms with Crippen molar-refractivity contribution in [1.82, 2.24) is 14.7 Å². The molecular formula is C32H35ClFN5O3. The van der Waals surface area contributed by atoms with Gasteiger partial charge in [-0.05, 0) is 48.7 Å². The van der Waals surface area contributed by atoms with Gasteiger partial charge in [-0.1, -0.05) is 49.7 Å². The van der Waals surface area contributed by atoms with Gasteiger partial charge < -0.3 is 20.5 Å². The standard InChI is InChI=1S/C32H35ClFN5O3/c1-19(2)18-42-28-7-5-6-20(3)30(28)39-31(21-8-10-23(11-9-21)36-32(35)40)24-17-38(13-12-27(24)37-39)16-22-14-29(41-4)25(33)15-26(22)34/h5-11,14-15,19H,12-13,16-18H2,1-4H3,(H3,35,36,40). The Bertz CT molecular complexity index is 1600.